The highest BCUT2D eigenvalue weighted by molar-refractivity contribution is 5.82. The van der Waals surface area contributed by atoms with E-state index in [0.29, 0.717) is 50.9 Å². The molecule has 1 aliphatic rings. The average molecular weight is 713 g/mol. The topological polar surface area (TPSA) is 117 Å². The lowest BCUT2D eigenvalue weighted by molar-refractivity contribution is -0.132. The van der Waals surface area contributed by atoms with Crippen LogP contribution in [0.4, 0.5) is 5.69 Å². The summed E-state index contributed by atoms with van der Waals surface area (Å²) in [5, 5.41) is 3.29. The Balaban J connectivity index is 1.01. The van der Waals surface area contributed by atoms with Gasteiger partial charge in [-0.1, -0.05) is 75.1 Å². The van der Waals surface area contributed by atoms with Crippen molar-refractivity contribution >= 4 is 28.5 Å². The zero-order valence-electron chi connectivity index (χ0n) is 30.4. The molecule has 3 aromatic carbocycles. The number of unbranched alkanes of at least 4 members (excludes halogenated alkanes) is 1. The number of carbonyl (C=O) groups is 2. The molecule has 0 radical (unpaired) electrons. The molecule has 274 valence electrons. The number of carbonyl (C=O) groups excluding carboxylic acids is 2. The van der Waals surface area contributed by atoms with Gasteiger partial charge >= 0.3 is 0 Å². The van der Waals surface area contributed by atoms with E-state index in [2.05, 4.69) is 35.4 Å². The fourth-order valence-electron chi connectivity index (χ4n) is 6.49. The molecule has 53 heavy (non-hydrogen) atoms. The highest BCUT2D eigenvalue weighted by Crippen LogP contribution is 2.29. The van der Waals surface area contributed by atoms with Crippen molar-refractivity contribution < 1.29 is 18.7 Å². The van der Waals surface area contributed by atoms with Crippen LogP contribution in [0.25, 0.3) is 33.8 Å². The van der Waals surface area contributed by atoms with E-state index in [1.54, 1.807) is 18.3 Å². The van der Waals surface area contributed by atoms with Crippen LogP contribution in [0.5, 0.6) is 0 Å². The normalized spacial score (nSPS) is 14.2. The van der Waals surface area contributed by atoms with Crippen LogP contribution in [-0.2, 0) is 27.3 Å². The van der Waals surface area contributed by atoms with Crippen molar-refractivity contribution in [2.45, 2.75) is 58.0 Å². The first-order valence-electron chi connectivity index (χ1n) is 18.3. The maximum Gasteiger partial charge on any atom is 0.227 e. The van der Waals surface area contributed by atoms with Gasteiger partial charge < -0.3 is 29.3 Å². The standard InChI is InChI=1S/C43H48N6O4/c1-4-6-12-31(3)24-42(51)49-23-11-15-36(49)29-52-30-45-35-19-16-33(17-20-35)43-44-27-39(53-43)34-18-21-37-38(26-34)47-40(46-37)28-48(22-7-5-2)41(50)25-32-13-9-8-10-14-32/h4,6,8-10,12-14,16-21,26-27,36,45H,1,3,5,7,11,15,22-25,28-30H2,2H3,(H,46,47)/b12-6-/t36-/m0/s1. The fraction of sp³-hybridized carbons (Fsp3) is 0.302. The summed E-state index contributed by atoms with van der Waals surface area (Å²) < 4.78 is 12.1. The van der Waals surface area contributed by atoms with Crippen LogP contribution >= 0.6 is 0 Å². The van der Waals surface area contributed by atoms with E-state index in [1.165, 1.54) is 0 Å². The molecule has 1 aliphatic heterocycles. The number of allylic oxidation sites excluding steroid dienone is 3. The highest BCUT2D eigenvalue weighted by atomic mass is 16.5. The molecule has 1 saturated heterocycles. The van der Waals surface area contributed by atoms with Crippen molar-refractivity contribution in [1.82, 2.24) is 24.8 Å². The molecule has 5 aromatic rings. The zero-order valence-corrected chi connectivity index (χ0v) is 30.4. The molecule has 0 unspecified atom stereocenters. The number of ether oxygens (including phenoxy) is 1. The zero-order chi connectivity index (χ0) is 37.0. The van der Waals surface area contributed by atoms with Crippen LogP contribution in [-0.4, -0.2) is 69.0 Å². The van der Waals surface area contributed by atoms with Crippen molar-refractivity contribution in [3.63, 3.8) is 0 Å². The number of amides is 2. The van der Waals surface area contributed by atoms with Crippen LogP contribution < -0.4 is 5.32 Å². The number of fused-ring (bicyclic) bond motifs is 1. The fourth-order valence-corrected chi connectivity index (χ4v) is 6.49. The van der Waals surface area contributed by atoms with Gasteiger partial charge in [0.15, 0.2) is 5.76 Å². The average Bonchev–Trinajstić information content (AvgIpc) is 3.95. The Morgan fingerprint density at radius 2 is 1.92 bits per heavy atom. The number of aromatic amines is 1. The Morgan fingerprint density at radius 1 is 1.11 bits per heavy atom. The monoisotopic (exact) mass is 712 g/mol. The Morgan fingerprint density at radius 3 is 2.72 bits per heavy atom. The minimum absolute atomic E-state index is 0.0693. The lowest BCUT2D eigenvalue weighted by atomic mass is 10.1. The van der Waals surface area contributed by atoms with Gasteiger partial charge in [-0.2, -0.15) is 0 Å². The number of H-pyrrole nitrogens is 1. The molecular formula is C43H48N6O4. The van der Waals surface area contributed by atoms with Gasteiger partial charge in [0.25, 0.3) is 0 Å². The first kappa shape index (κ1) is 37.0. The number of nitrogens with zero attached hydrogens (tertiary/aromatic N) is 4. The molecule has 1 fully saturated rings. The summed E-state index contributed by atoms with van der Waals surface area (Å²) in [6.45, 7) is 12.4. The number of anilines is 1. The van der Waals surface area contributed by atoms with Crippen LogP contribution in [0, 0.1) is 0 Å². The third-order valence-corrected chi connectivity index (χ3v) is 9.36. The number of oxazole rings is 1. The number of nitrogens with one attached hydrogen (secondary N) is 2. The Bertz CT molecular complexity index is 2030. The molecule has 10 heteroatoms. The van der Waals surface area contributed by atoms with Crippen molar-refractivity contribution in [3.8, 4) is 22.8 Å². The smallest absolute Gasteiger partial charge is 0.227 e. The van der Waals surface area contributed by atoms with Crippen molar-refractivity contribution in [2.24, 2.45) is 0 Å². The predicted molar refractivity (Wildman–Crippen MR) is 210 cm³/mol. The van der Waals surface area contributed by atoms with Gasteiger partial charge in [-0.25, -0.2) is 9.97 Å². The van der Waals surface area contributed by atoms with Crippen LogP contribution in [0.15, 0.2) is 120 Å². The molecule has 10 nitrogen and oxygen atoms in total. The van der Waals surface area contributed by atoms with Gasteiger partial charge in [0.1, 0.15) is 12.6 Å². The first-order chi connectivity index (χ1) is 25.9. The van der Waals surface area contributed by atoms with Crippen LogP contribution in [0.3, 0.4) is 0 Å². The number of imidazole rings is 1. The largest absolute Gasteiger partial charge is 0.436 e. The van der Waals surface area contributed by atoms with Gasteiger partial charge in [0.05, 0.1) is 49.3 Å². The van der Waals surface area contributed by atoms with Crippen molar-refractivity contribution in [1.29, 1.82) is 0 Å². The van der Waals surface area contributed by atoms with Crippen molar-refractivity contribution in [2.75, 3.05) is 31.7 Å². The summed E-state index contributed by atoms with van der Waals surface area (Å²) in [5.41, 5.74) is 6.11. The SMILES string of the molecule is C=C/C=C\C(=C)CC(=O)N1CCC[C@H]1COCNc1ccc(-c2ncc(-c3ccc4nc(CN(CCCC)C(=O)Cc5ccccc5)[nH]c4c3)o2)cc1. The minimum Gasteiger partial charge on any atom is -0.436 e. The first-order valence-corrected chi connectivity index (χ1v) is 18.3. The summed E-state index contributed by atoms with van der Waals surface area (Å²) in [5.74, 6) is 2.09. The van der Waals surface area contributed by atoms with E-state index in [1.807, 2.05) is 88.7 Å². The lowest BCUT2D eigenvalue weighted by Gasteiger charge is -2.25. The molecule has 2 N–H and O–H groups in total. The molecule has 2 amide bonds. The van der Waals surface area contributed by atoms with E-state index in [0.717, 1.165) is 77.0 Å². The molecule has 2 aromatic heterocycles. The maximum atomic E-state index is 13.2. The number of rotatable bonds is 18. The summed E-state index contributed by atoms with van der Waals surface area (Å²) >= 11 is 0. The molecule has 0 spiro atoms. The predicted octanol–water partition coefficient (Wildman–Crippen LogP) is 8.32. The number of benzene rings is 3. The number of hydrogen-bond donors (Lipinski definition) is 2. The summed E-state index contributed by atoms with van der Waals surface area (Å²) in [7, 11) is 0. The van der Waals surface area contributed by atoms with Gasteiger partial charge in [-0.05, 0) is 72.9 Å². The summed E-state index contributed by atoms with van der Waals surface area (Å²) in [6.07, 6.45) is 11.5. The van der Waals surface area contributed by atoms with E-state index in [4.69, 9.17) is 14.1 Å². The second-order valence-corrected chi connectivity index (χ2v) is 13.4. The lowest BCUT2D eigenvalue weighted by Crippen LogP contribution is -2.38. The maximum absolute atomic E-state index is 13.2. The molecule has 0 bridgehead atoms. The van der Waals surface area contributed by atoms with Crippen LogP contribution in [0.1, 0.15) is 50.4 Å². The van der Waals surface area contributed by atoms with E-state index >= 15 is 0 Å². The Labute approximate surface area is 311 Å². The molecule has 1 atom stereocenters. The van der Waals surface area contributed by atoms with Gasteiger partial charge in [-0.15, -0.1) is 0 Å². The second-order valence-electron chi connectivity index (χ2n) is 13.4. The molecular weight excluding hydrogens is 665 g/mol. The van der Waals surface area contributed by atoms with Crippen LogP contribution in [0.2, 0.25) is 0 Å². The second kappa shape index (κ2) is 18.1. The quantitative estimate of drug-likeness (QED) is 0.0533. The number of hydrogen-bond acceptors (Lipinski definition) is 7. The molecule has 6 rings (SSSR count). The van der Waals surface area contributed by atoms with Crippen molar-refractivity contribution in [3.05, 3.63) is 127 Å². The Hall–Kier alpha value is -5.74. The molecule has 0 aliphatic carbocycles. The van der Waals surface area contributed by atoms with E-state index in [9.17, 15) is 9.59 Å². The molecule has 3 heterocycles. The third-order valence-electron chi connectivity index (χ3n) is 9.36. The van der Waals surface area contributed by atoms with E-state index < -0.39 is 0 Å². The number of aromatic nitrogens is 3. The number of likely N-dealkylation sites (tertiary alicyclic amines) is 1. The van der Waals surface area contributed by atoms with E-state index in [-0.39, 0.29) is 17.9 Å². The minimum atomic E-state index is 0.0693. The van der Waals surface area contributed by atoms with Gasteiger partial charge in [-0.3, -0.25) is 9.59 Å². The molecule has 0 saturated carbocycles. The summed E-state index contributed by atoms with van der Waals surface area (Å²) in [6, 6.07) is 23.7. The summed E-state index contributed by atoms with van der Waals surface area (Å²) in [4.78, 5) is 42.6. The highest BCUT2D eigenvalue weighted by Gasteiger charge is 2.28. The van der Waals surface area contributed by atoms with Gasteiger partial charge in [0.2, 0.25) is 17.7 Å². The Kier molecular flexibility index (Phi) is 12.7. The van der Waals surface area contributed by atoms with Gasteiger partial charge in [0, 0.05) is 29.9 Å². The third kappa shape index (κ3) is 9.99.